The van der Waals surface area contributed by atoms with Gasteiger partial charge in [-0.1, -0.05) is 59.1 Å². The van der Waals surface area contributed by atoms with Crippen LogP contribution in [0.3, 0.4) is 0 Å². The highest BCUT2D eigenvalue weighted by molar-refractivity contribution is 6.55. The highest BCUT2D eigenvalue weighted by Crippen LogP contribution is 2.30. The summed E-state index contributed by atoms with van der Waals surface area (Å²) in [5, 5.41) is 9.38. The molecule has 0 atom stereocenters. The number of rotatable bonds is 5. The molecule has 0 spiro atoms. The second-order valence-corrected chi connectivity index (χ2v) is 7.23. The van der Waals surface area contributed by atoms with Crippen LogP contribution in [0.25, 0.3) is 0 Å². The molecule has 0 fully saturated rings. The molecule has 0 aliphatic heterocycles. The van der Waals surface area contributed by atoms with Crippen molar-refractivity contribution < 1.29 is 4.74 Å². The molecule has 0 amide bonds. The summed E-state index contributed by atoms with van der Waals surface area (Å²) in [6, 6.07) is 13.4. The molecule has 2 aromatic carbocycles. The second-order valence-electron chi connectivity index (χ2n) is 5.78. The van der Waals surface area contributed by atoms with Crippen molar-refractivity contribution >= 4 is 46.7 Å². The van der Waals surface area contributed by atoms with Gasteiger partial charge in [-0.15, -0.1) is 0 Å². The molecule has 0 radical (unpaired) electrons. The monoisotopic (exact) mass is 406 g/mol. The number of ether oxygens (including phenoxy) is 1. The van der Waals surface area contributed by atoms with Crippen molar-refractivity contribution in [2.75, 3.05) is 6.61 Å². The van der Waals surface area contributed by atoms with Crippen LogP contribution in [0.4, 0.5) is 0 Å². The smallest absolute Gasteiger partial charge is 0.123 e. The van der Waals surface area contributed by atoms with Crippen molar-refractivity contribution in [1.29, 1.82) is 0 Å². The quantitative estimate of drug-likeness (QED) is 0.429. The lowest BCUT2D eigenvalue weighted by atomic mass is 9.89. The Morgan fingerprint density at radius 3 is 2.65 bits per heavy atom. The van der Waals surface area contributed by atoms with E-state index in [2.05, 4.69) is 16.3 Å². The highest BCUT2D eigenvalue weighted by Gasteiger charge is 2.19. The third-order valence-electron chi connectivity index (χ3n) is 4.02. The third kappa shape index (κ3) is 5.10. The average Bonchev–Trinajstić information content (AvgIpc) is 2.63. The highest BCUT2D eigenvalue weighted by atomic mass is 35.5. The van der Waals surface area contributed by atoms with E-state index in [4.69, 9.17) is 39.5 Å². The van der Waals surface area contributed by atoms with Gasteiger partial charge in [-0.05, 0) is 49.1 Å². The minimum Gasteiger partial charge on any atom is -0.489 e. The van der Waals surface area contributed by atoms with E-state index >= 15 is 0 Å². The van der Waals surface area contributed by atoms with Gasteiger partial charge in [0.2, 0.25) is 0 Å². The van der Waals surface area contributed by atoms with E-state index in [9.17, 15) is 0 Å². The Kier molecular flexibility index (Phi) is 6.73. The van der Waals surface area contributed by atoms with Gasteiger partial charge in [0.15, 0.2) is 0 Å². The Morgan fingerprint density at radius 2 is 1.88 bits per heavy atom. The molecule has 0 saturated carbocycles. The van der Waals surface area contributed by atoms with Crippen LogP contribution < -0.4 is 4.74 Å². The van der Waals surface area contributed by atoms with Crippen molar-refractivity contribution in [3.8, 4) is 5.75 Å². The molecule has 0 saturated heterocycles. The van der Waals surface area contributed by atoms with E-state index in [0.29, 0.717) is 11.6 Å². The maximum Gasteiger partial charge on any atom is 0.123 e. The fraction of sp³-hybridized carbons (Fsp3) is 0.200. The maximum absolute atomic E-state index is 5.89. The van der Waals surface area contributed by atoms with Crippen LogP contribution in [-0.4, -0.2) is 18.5 Å². The van der Waals surface area contributed by atoms with Gasteiger partial charge in [-0.3, -0.25) is 0 Å². The summed E-state index contributed by atoms with van der Waals surface area (Å²) in [5.41, 5.74) is 4.16. The maximum atomic E-state index is 5.89. The summed E-state index contributed by atoms with van der Waals surface area (Å²) in [7, 11) is 0. The van der Waals surface area contributed by atoms with Gasteiger partial charge < -0.3 is 4.74 Å². The van der Waals surface area contributed by atoms with Gasteiger partial charge in [0.1, 0.15) is 16.8 Å². The predicted octanol–water partition coefficient (Wildman–Crippen LogP) is 6.20. The lowest BCUT2D eigenvalue weighted by molar-refractivity contribution is 0.358. The van der Waals surface area contributed by atoms with Crippen LogP contribution in [0.2, 0.25) is 5.02 Å². The Hall–Kier alpha value is -1.81. The van der Waals surface area contributed by atoms with Gasteiger partial charge in [0, 0.05) is 16.1 Å². The Bertz CT molecular complexity index is 854. The number of halogens is 3. The van der Waals surface area contributed by atoms with E-state index in [1.165, 1.54) is 0 Å². The van der Waals surface area contributed by atoms with Gasteiger partial charge in [0.05, 0.1) is 11.9 Å². The molecule has 26 heavy (non-hydrogen) atoms. The Morgan fingerprint density at radius 1 is 1.08 bits per heavy atom. The fourth-order valence-corrected chi connectivity index (χ4v) is 3.06. The summed E-state index contributed by atoms with van der Waals surface area (Å²) in [6.45, 7) is 0.333. The van der Waals surface area contributed by atoms with Crippen LogP contribution in [0.15, 0.2) is 63.2 Å². The van der Waals surface area contributed by atoms with Crippen molar-refractivity contribution in [1.82, 2.24) is 0 Å². The van der Waals surface area contributed by atoms with Crippen LogP contribution >= 0.6 is 34.8 Å². The molecule has 3 nitrogen and oxygen atoms in total. The molecule has 6 heteroatoms. The molecule has 0 unspecified atom stereocenters. The first-order chi connectivity index (χ1) is 12.6. The van der Waals surface area contributed by atoms with Crippen molar-refractivity contribution in [3.05, 3.63) is 74.7 Å². The van der Waals surface area contributed by atoms with E-state index < -0.39 is 0 Å². The van der Waals surface area contributed by atoms with E-state index in [1.807, 2.05) is 36.4 Å². The van der Waals surface area contributed by atoms with Gasteiger partial charge >= 0.3 is 0 Å². The lowest BCUT2D eigenvalue weighted by Gasteiger charge is -2.20. The first-order valence-electron chi connectivity index (χ1n) is 8.25. The van der Waals surface area contributed by atoms with Crippen LogP contribution in [0.5, 0.6) is 5.75 Å². The Labute approximate surface area is 167 Å². The SMILES string of the molecule is ClC(Cl)=CCOc1cccc2c1CCC/C2=N\N=C\c1ccc(Cl)cc1. The summed E-state index contributed by atoms with van der Waals surface area (Å²) in [5.74, 6) is 0.836. The molecule has 0 heterocycles. The minimum absolute atomic E-state index is 0.202. The zero-order chi connectivity index (χ0) is 18.4. The third-order valence-corrected chi connectivity index (χ3v) is 4.58. The topological polar surface area (TPSA) is 34.0 Å². The molecule has 1 aliphatic carbocycles. The zero-order valence-electron chi connectivity index (χ0n) is 14.0. The standard InChI is InChI=1S/C20H17Cl3N2O/c21-15-9-7-14(8-10-15)13-24-25-18-5-1-4-17-16(18)3-2-6-19(17)26-12-11-20(22)23/h2-3,6-11,13H,1,4-5,12H2/b24-13+,25-18+. The van der Waals surface area contributed by atoms with Gasteiger partial charge in [-0.2, -0.15) is 10.2 Å². The molecule has 0 bridgehead atoms. The normalized spacial score (nSPS) is 15.1. The number of nitrogens with zero attached hydrogens (tertiary/aromatic N) is 2. The first-order valence-corrected chi connectivity index (χ1v) is 9.38. The lowest BCUT2D eigenvalue weighted by Crippen LogP contribution is -2.13. The van der Waals surface area contributed by atoms with Crippen molar-refractivity contribution in [2.45, 2.75) is 19.3 Å². The van der Waals surface area contributed by atoms with Crippen LogP contribution in [-0.2, 0) is 6.42 Å². The molecule has 2 aromatic rings. The molecule has 0 N–H and O–H groups in total. The summed E-state index contributed by atoms with van der Waals surface area (Å²) in [4.78, 5) is 0. The van der Waals surface area contributed by atoms with Crippen molar-refractivity contribution in [2.24, 2.45) is 10.2 Å². The van der Waals surface area contributed by atoms with Gasteiger partial charge in [0.25, 0.3) is 0 Å². The number of fused-ring (bicyclic) bond motifs is 1. The first kappa shape index (κ1) is 19.0. The summed E-state index contributed by atoms with van der Waals surface area (Å²) >= 11 is 17.2. The molecule has 134 valence electrons. The van der Waals surface area contributed by atoms with Crippen molar-refractivity contribution in [3.63, 3.8) is 0 Å². The van der Waals surface area contributed by atoms with E-state index in [-0.39, 0.29) is 4.49 Å². The minimum atomic E-state index is 0.202. The molecular weight excluding hydrogens is 391 g/mol. The van der Waals surface area contributed by atoms with E-state index in [0.717, 1.165) is 47.4 Å². The molecule has 1 aliphatic rings. The van der Waals surface area contributed by atoms with E-state index in [1.54, 1.807) is 12.3 Å². The largest absolute Gasteiger partial charge is 0.489 e. The molecule has 3 rings (SSSR count). The molecular formula is C20H17Cl3N2O. The number of hydrogen-bond donors (Lipinski definition) is 0. The molecule has 0 aromatic heterocycles. The van der Waals surface area contributed by atoms with Crippen LogP contribution in [0.1, 0.15) is 29.5 Å². The predicted molar refractivity (Wildman–Crippen MR) is 110 cm³/mol. The summed E-state index contributed by atoms with van der Waals surface area (Å²) < 4.78 is 6.00. The average molecular weight is 408 g/mol. The second kappa shape index (κ2) is 9.22. The number of benzene rings is 2. The van der Waals surface area contributed by atoms with Gasteiger partial charge in [-0.25, -0.2) is 0 Å². The Balaban J connectivity index is 1.79. The number of hydrogen-bond acceptors (Lipinski definition) is 3. The summed E-state index contributed by atoms with van der Waals surface area (Å²) in [6.07, 6.45) is 6.20. The zero-order valence-corrected chi connectivity index (χ0v) is 16.2. The van der Waals surface area contributed by atoms with Crippen LogP contribution in [0, 0.1) is 0 Å². The fourth-order valence-electron chi connectivity index (χ4n) is 2.81.